The van der Waals surface area contributed by atoms with E-state index in [2.05, 4.69) is 263 Å². The molecule has 1 aliphatic carbocycles. The van der Waals surface area contributed by atoms with Crippen molar-refractivity contribution in [2.75, 3.05) is 9.80 Å². The van der Waals surface area contributed by atoms with Gasteiger partial charge in [-0.2, -0.15) is 0 Å². The highest BCUT2D eigenvalue weighted by molar-refractivity contribution is 6.11. The summed E-state index contributed by atoms with van der Waals surface area (Å²) >= 11 is 0. The normalized spacial score (nSPS) is 12.3. The summed E-state index contributed by atoms with van der Waals surface area (Å²) in [6, 6.07) is 83.2. The van der Waals surface area contributed by atoms with Gasteiger partial charge in [-0.15, -0.1) is 0 Å². The molecule has 0 amide bonds. The maximum Gasteiger partial charge on any atom is 0.0538 e. The van der Waals surface area contributed by atoms with Gasteiger partial charge in [0.1, 0.15) is 0 Å². The zero-order valence-electron chi connectivity index (χ0n) is 34.9. The molecule has 0 fully saturated rings. The zero-order chi connectivity index (χ0) is 42.0. The van der Waals surface area contributed by atoms with Crippen molar-refractivity contribution in [3.8, 4) is 33.4 Å². The number of aromatic nitrogens is 1. The summed E-state index contributed by atoms with van der Waals surface area (Å²) < 4.78 is 2.45. The minimum absolute atomic E-state index is 1.04. The monoisotopic (exact) mass is 807 g/mol. The van der Waals surface area contributed by atoms with E-state index in [1.807, 2.05) is 0 Å². The molecule has 0 saturated carbocycles. The Kier molecular flexibility index (Phi) is 10.0. The molecule has 0 saturated heterocycles. The molecule has 0 N–H and O–H groups in total. The second-order valence-electron chi connectivity index (χ2n) is 16.1. The van der Waals surface area contributed by atoms with Crippen molar-refractivity contribution in [1.82, 2.24) is 4.57 Å². The highest BCUT2D eigenvalue weighted by atomic mass is 15.1. The maximum atomic E-state index is 2.45. The van der Waals surface area contributed by atoms with Crippen LogP contribution in [0.4, 0.5) is 34.1 Å². The van der Waals surface area contributed by atoms with Crippen LogP contribution in [-0.4, -0.2) is 4.57 Å². The average molecular weight is 808 g/mol. The van der Waals surface area contributed by atoms with Crippen molar-refractivity contribution in [2.24, 2.45) is 0 Å². The summed E-state index contributed by atoms with van der Waals surface area (Å²) in [5.74, 6) is 0. The van der Waals surface area contributed by atoms with E-state index in [4.69, 9.17) is 0 Å². The Morgan fingerprint density at radius 1 is 0.317 bits per heavy atom. The average Bonchev–Trinajstić information content (AvgIpc) is 3.70. The first kappa shape index (κ1) is 37.8. The van der Waals surface area contributed by atoms with Gasteiger partial charge in [0, 0.05) is 50.6 Å². The molecular formula is C60H45N3. The molecule has 0 bridgehead atoms. The minimum atomic E-state index is 1.04. The lowest BCUT2D eigenvalue weighted by Gasteiger charge is -2.26. The minimum Gasteiger partial charge on any atom is -0.313 e. The van der Waals surface area contributed by atoms with Crippen molar-refractivity contribution in [2.45, 2.75) is 12.8 Å². The van der Waals surface area contributed by atoms with E-state index in [1.165, 1.54) is 60.9 Å². The Balaban J connectivity index is 0.926. The third-order valence-corrected chi connectivity index (χ3v) is 12.3. The second-order valence-corrected chi connectivity index (χ2v) is 16.1. The number of hydrogen-bond acceptors (Lipinski definition) is 2. The Hall–Kier alpha value is -8.14. The van der Waals surface area contributed by atoms with Crippen molar-refractivity contribution in [3.05, 3.63) is 249 Å². The number of nitrogens with zero attached hydrogens (tertiary/aromatic N) is 3. The van der Waals surface area contributed by atoms with Crippen molar-refractivity contribution < 1.29 is 0 Å². The van der Waals surface area contributed by atoms with Gasteiger partial charge in [-0.3, -0.25) is 0 Å². The summed E-state index contributed by atoms with van der Waals surface area (Å²) in [6.45, 7) is 0. The molecule has 0 radical (unpaired) electrons. The molecule has 1 aliphatic rings. The van der Waals surface area contributed by atoms with E-state index in [9.17, 15) is 0 Å². The molecule has 1 aromatic heterocycles. The van der Waals surface area contributed by atoms with Gasteiger partial charge in [0.25, 0.3) is 0 Å². The fraction of sp³-hybridized carbons (Fsp3) is 0.0333. The first-order valence-electron chi connectivity index (χ1n) is 21.8. The van der Waals surface area contributed by atoms with Crippen LogP contribution in [0, 0.1) is 0 Å². The third kappa shape index (κ3) is 7.41. The number of benzene rings is 9. The topological polar surface area (TPSA) is 11.4 Å². The van der Waals surface area contributed by atoms with Crippen LogP contribution in [0.1, 0.15) is 12.8 Å². The number of para-hydroxylation sites is 3. The lowest BCUT2D eigenvalue weighted by atomic mass is 10.0. The molecule has 0 atom stereocenters. The van der Waals surface area contributed by atoms with E-state index in [0.29, 0.717) is 0 Å². The summed E-state index contributed by atoms with van der Waals surface area (Å²) in [5.41, 5.74) is 17.6. The molecular weight excluding hydrogens is 763 g/mol. The van der Waals surface area contributed by atoms with E-state index < -0.39 is 0 Å². The highest BCUT2D eigenvalue weighted by Crippen LogP contribution is 2.41. The molecule has 63 heavy (non-hydrogen) atoms. The van der Waals surface area contributed by atoms with Crippen molar-refractivity contribution in [3.63, 3.8) is 0 Å². The Labute approximate surface area is 369 Å². The molecule has 11 rings (SSSR count). The van der Waals surface area contributed by atoms with Gasteiger partial charge < -0.3 is 14.4 Å². The van der Waals surface area contributed by atoms with Crippen LogP contribution >= 0.6 is 0 Å². The van der Waals surface area contributed by atoms with Gasteiger partial charge in [-0.25, -0.2) is 0 Å². The van der Waals surface area contributed by atoms with Crippen molar-refractivity contribution in [1.29, 1.82) is 0 Å². The van der Waals surface area contributed by atoms with E-state index >= 15 is 0 Å². The smallest absolute Gasteiger partial charge is 0.0538 e. The number of allylic oxidation sites excluding steroid dienone is 4. The van der Waals surface area contributed by atoms with Crippen LogP contribution in [0.2, 0.25) is 0 Å². The molecule has 10 aromatic rings. The first-order chi connectivity index (χ1) is 31.2. The van der Waals surface area contributed by atoms with Crippen molar-refractivity contribution >= 4 is 61.6 Å². The zero-order valence-corrected chi connectivity index (χ0v) is 34.9. The lowest BCUT2D eigenvalue weighted by Crippen LogP contribution is -2.10. The predicted molar refractivity (Wildman–Crippen MR) is 268 cm³/mol. The summed E-state index contributed by atoms with van der Waals surface area (Å²) in [5, 5.41) is 2.56. The molecule has 0 unspecified atom stereocenters. The molecule has 9 aromatic carbocycles. The van der Waals surface area contributed by atoms with Crippen LogP contribution in [0.25, 0.3) is 60.9 Å². The molecule has 300 valence electrons. The summed E-state index contributed by atoms with van der Waals surface area (Å²) in [4.78, 5) is 4.65. The van der Waals surface area contributed by atoms with Gasteiger partial charge >= 0.3 is 0 Å². The Morgan fingerprint density at radius 3 is 1.17 bits per heavy atom. The van der Waals surface area contributed by atoms with Gasteiger partial charge in [-0.1, -0.05) is 152 Å². The van der Waals surface area contributed by atoms with Gasteiger partial charge in [0.05, 0.1) is 11.0 Å². The highest BCUT2D eigenvalue weighted by Gasteiger charge is 2.18. The third-order valence-electron chi connectivity index (χ3n) is 12.3. The van der Waals surface area contributed by atoms with Gasteiger partial charge in [-0.05, 0) is 143 Å². The summed E-state index contributed by atoms with van der Waals surface area (Å²) in [7, 11) is 0. The Morgan fingerprint density at radius 2 is 0.698 bits per heavy atom. The summed E-state index contributed by atoms with van der Waals surface area (Å²) in [6.07, 6.45) is 8.82. The standard InChI is InChI=1S/C60H45N3/c1-5-15-44(16-6-1)45-25-34-54(35-26-45)62(55-38-29-47(30-39-55)46-27-36-53(37-28-46)61(50-17-7-2-8-18-50)51-19-9-3-10-20-51)56-40-31-48(32-41-56)49-33-42-60-58(43-49)57-23-13-14-24-59(57)63(60)52-21-11-4-12-22-52/h1-11,13-21,23-43H,12,22H2. The number of hydrogen-bond donors (Lipinski definition) is 0. The fourth-order valence-electron chi connectivity index (χ4n) is 9.13. The van der Waals surface area contributed by atoms with Gasteiger partial charge in [0.2, 0.25) is 0 Å². The molecule has 0 aliphatic heterocycles. The number of rotatable bonds is 10. The number of fused-ring (bicyclic) bond motifs is 3. The largest absolute Gasteiger partial charge is 0.313 e. The van der Waals surface area contributed by atoms with E-state index in [-0.39, 0.29) is 0 Å². The number of anilines is 6. The molecule has 3 nitrogen and oxygen atoms in total. The molecule has 0 spiro atoms. The predicted octanol–water partition coefficient (Wildman–Crippen LogP) is 16.9. The first-order valence-corrected chi connectivity index (χ1v) is 21.8. The van der Waals surface area contributed by atoms with Crippen LogP contribution in [0.15, 0.2) is 249 Å². The molecule has 3 heteroatoms. The second kappa shape index (κ2) is 16.7. The fourth-order valence-corrected chi connectivity index (χ4v) is 9.13. The lowest BCUT2D eigenvalue weighted by molar-refractivity contribution is 0.979. The van der Waals surface area contributed by atoms with E-state index in [0.717, 1.165) is 47.0 Å². The van der Waals surface area contributed by atoms with Crippen LogP contribution in [0.5, 0.6) is 0 Å². The SMILES string of the molecule is C1=CCCC(n2c3ccccc3c3cc(-c4ccc(N(c5ccc(-c6ccccc6)cc5)c5ccc(-c6ccc(N(c7ccccc7)c7ccccc7)cc6)cc5)cc4)ccc32)=C1. The Bertz CT molecular complexity index is 3180. The quantitative estimate of drug-likeness (QED) is 0.136. The van der Waals surface area contributed by atoms with Crippen LogP contribution in [-0.2, 0) is 0 Å². The molecule has 1 heterocycles. The maximum absolute atomic E-state index is 2.45. The van der Waals surface area contributed by atoms with Crippen LogP contribution in [0.3, 0.4) is 0 Å². The van der Waals surface area contributed by atoms with Crippen LogP contribution < -0.4 is 9.80 Å². The van der Waals surface area contributed by atoms with E-state index in [1.54, 1.807) is 0 Å². The van der Waals surface area contributed by atoms with Gasteiger partial charge in [0.15, 0.2) is 0 Å².